The van der Waals surface area contributed by atoms with Gasteiger partial charge >= 0.3 is 0 Å². The van der Waals surface area contributed by atoms with Crippen LogP contribution in [0.25, 0.3) is 11.0 Å². The highest BCUT2D eigenvalue weighted by Crippen LogP contribution is 2.17. The van der Waals surface area contributed by atoms with Crippen molar-refractivity contribution in [2.45, 2.75) is 19.5 Å². The van der Waals surface area contributed by atoms with Gasteiger partial charge in [-0.3, -0.25) is 0 Å². The number of nitrogens with one attached hydrogen (secondary N) is 1. The second-order valence-corrected chi connectivity index (χ2v) is 7.33. The Hall–Kier alpha value is -2.18. The van der Waals surface area contributed by atoms with E-state index >= 15 is 0 Å². The zero-order valence-electron chi connectivity index (χ0n) is 12.9. The first-order valence-corrected chi connectivity index (χ1v) is 9.35. The van der Waals surface area contributed by atoms with Gasteiger partial charge in [-0.25, -0.2) is 18.1 Å². The molecule has 0 radical (unpaired) electrons. The minimum Gasteiger partial charge on any atom is -0.327 e. The second-order valence-electron chi connectivity index (χ2n) is 5.50. The summed E-state index contributed by atoms with van der Waals surface area (Å²) in [6, 6.07) is 18.1. The Labute approximate surface area is 136 Å². The van der Waals surface area contributed by atoms with E-state index in [1.165, 1.54) is 5.56 Å². The zero-order chi connectivity index (χ0) is 16.3. The van der Waals surface area contributed by atoms with Crippen molar-refractivity contribution in [2.75, 3.05) is 6.26 Å². The summed E-state index contributed by atoms with van der Waals surface area (Å²) in [6.07, 6.45) is 2.02. The number of rotatable bonds is 6. The topological polar surface area (TPSA) is 64.0 Å². The monoisotopic (exact) mass is 329 g/mol. The summed E-state index contributed by atoms with van der Waals surface area (Å²) in [5.41, 5.74) is 3.15. The summed E-state index contributed by atoms with van der Waals surface area (Å²) in [7, 11) is -3.25. The molecule has 1 heterocycles. The van der Waals surface area contributed by atoms with E-state index in [9.17, 15) is 8.42 Å². The van der Waals surface area contributed by atoms with Gasteiger partial charge in [0.1, 0.15) is 5.82 Å². The first-order chi connectivity index (χ1) is 11.0. The third-order valence-electron chi connectivity index (χ3n) is 3.69. The van der Waals surface area contributed by atoms with Crippen molar-refractivity contribution < 1.29 is 8.42 Å². The Balaban J connectivity index is 1.89. The van der Waals surface area contributed by atoms with Crippen LogP contribution in [0.5, 0.6) is 0 Å². The Morgan fingerprint density at radius 3 is 2.48 bits per heavy atom. The predicted octanol–water partition coefficient (Wildman–Crippen LogP) is 2.33. The minimum absolute atomic E-state index is 0.197. The lowest BCUT2D eigenvalue weighted by Gasteiger charge is -2.09. The van der Waals surface area contributed by atoms with Crippen molar-refractivity contribution in [2.24, 2.45) is 0 Å². The molecule has 0 unspecified atom stereocenters. The fourth-order valence-corrected chi connectivity index (χ4v) is 2.98. The van der Waals surface area contributed by atoms with Gasteiger partial charge in [0.25, 0.3) is 0 Å². The van der Waals surface area contributed by atoms with Gasteiger partial charge in [-0.1, -0.05) is 42.5 Å². The van der Waals surface area contributed by atoms with E-state index < -0.39 is 10.0 Å². The molecule has 0 saturated carbocycles. The van der Waals surface area contributed by atoms with Gasteiger partial charge in [0.05, 0.1) is 23.8 Å². The fraction of sp³-hybridized carbons (Fsp3) is 0.235. The molecule has 23 heavy (non-hydrogen) atoms. The molecule has 0 bridgehead atoms. The van der Waals surface area contributed by atoms with Crippen LogP contribution in [-0.2, 0) is 29.5 Å². The molecule has 0 aliphatic carbocycles. The van der Waals surface area contributed by atoms with Crippen LogP contribution in [0.15, 0.2) is 54.6 Å². The Morgan fingerprint density at radius 2 is 1.74 bits per heavy atom. The van der Waals surface area contributed by atoms with E-state index in [1.807, 2.05) is 42.5 Å². The molecular weight excluding hydrogens is 310 g/mol. The minimum atomic E-state index is -3.25. The Morgan fingerprint density at radius 1 is 1.04 bits per heavy atom. The van der Waals surface area contributed by atoms with Crippen LogP contribution < -0.4 is 4.72 Å². The largest absolute Gasteiger partial charge is 0.327 e. The number of aryl methyl sites for hydroxylation is 2. The molecule has 1 aromatic heterocycles. The maximum atomic E-state index is 11.4. The summed E-state index contributed by atoms with van der Waals surface area (Å²) >= 11 is 0. The molecule has 120 valence electrons. The van der Waals surface area contributed by atoms with Crippen molar-refractivity contribution in [3.63, 3.8) is 0 Å². The molecule has 0 fully saturated rings. The Kier molecular flexibility index (Phi) is 4.45. The summed E-state index contributed by atoms with van der Waals surface area (Å²) in [6.45, 7) is 0.952. The number of fused-ring (bicyclic) bond motifs is 1. The summed E-state index contributed by atoms with van der Waals surface area (Å²) < 4.78 is 27.3. The molecule has 0 saturated heterocycles. The molecular formula is C17H19N3O2S. The standard InChI is InChI=1S/C17H19N3O2S/c1-23(21,22)18-13-17-19-15-9-5-6-10-16(15)20(17)12-11-14-7-3-2-4-8-14/h2-10,18H,11-13H2,1H3. The summed E-state index contributed by atoms with van der Waals surface area (Å²) in [4.78, 5) is 4.56. The summed E-state index contributed by atoms with van der Waals surface area (Å²) in [5.74, 6) is 0.729. The molecule has 0 amide bonds. The van der Waals surface area contributed by atoms with Gasteiger partial charge < -0.3 is 4.57 Å². The molecule has 1 N–H and O–H groups in total. The van der Waals surface area contributed by atoms with E-state index in [-0.39, 0.29) is 6.54 Å². The number of hydrogen-bond acceptors (Lipinski definition) is 3. The van der Waals surface area contributed by atoms with Gasteiger partial charge in [-0.15, -0.1) is 0 Å². The molecule has 3 rings (SSSR count). The number of para-hydroxylation sites is 2. The van der Waals surface area contributed by atoms with E-state index in [4.69, 9.17) is 0 Å². The van der Waals surface area contributed by atoms with Gasteiger partial charge in [-0.2, -0.15) is 0 Å². The first kappa shape index (κ1) is 15.7. The second kappa shape index (κ2) is 6.52. The smallest absolute Gasteiger partial charge is 0.209 e. The van der Waals surface area contributed by atoms with E-state index in [0.717, 1.165) is 36.1 Å². The van der Waals surface area contributed by atoms with Crippen LogP contribution in [0.3, 0.4) is 0 Å². The number of hydrogen-bond donors (Lipinski definition) is 1. The van der Waals surface area contributed by atoms with Crippen LogP contribution in [0.4, 0.5) is 0 Å². The fourth-order valence-electron chi connectivity index (χ4n) is 2.59. The third kappa shape index (κ3) is 3.97. The average molecular weight is 329 g/mol. The maximum Gasteiger partial charge on any atom is 0.209 e. The van der Waals surface area contributed by atoms with Crippen molar-refractivity contribution in [3.05, 3.63) is 66.0 Å². The van der Waals surface area contributed by atoms with Crippen molar-refractivity contribution >= 4 is 21.1 Å². The number of benzene rings is 2. The molecule has 2 aromatic carbocycles. The van der Waals surface area contributed by atoms with Crippen molar-refractivity contribution in [1.82, 2.24) is 14.3 Å². The van der Waals surface area contributed by atoms with Gasteiger partial charge in [0.2, 0.25) is 10.0 Å². The third-order valence-corrected chi connectivity index (χ3v) is 4.36. The van der Waals surface area contributed by atoms with Crippen LogP contribution in [0, 0.1) is 0 Å². The number of sulfonamides is 1. The molecule has 0 atom stereocenters. The molecule has 3 aromatic rings. The quantitative estimate of drug-likeness (QED) is 0.755. The van der Waals surface area contributed by atoms with E-state index in [0.29, 0.717) is 0 Å². The van der Waals surface area contributed by atoms with Gasteiger partial charge in [-0.05, 0) is 24.1 Å². The number of imidazole rings is 1. The maximum absolute atomic E-state index is 11.4. The lowest BCUT2D eigenvalue weighted by molar-refractivity contribution is 0.580. The average Bonchev–Trinajstić information content (AvgIpc) is 2.89. The van der Waals surface area contributed by atoms with Gasteiger partial charge in [0.15, 0.2) is 0 Å². The molecule has 6 heteroatoms. The van der Waals surface area contributed by atoms with E-state index in [2.05, 4.69) is 26.4 Å². The first-order valence-electron chi connectivity index (χ1n) is 7.46. The lowest BCUT2D eigenvalue weighted by atomic mass is 10.1. The SMILES string of the molecule is CS(=O)(=O)NCc1nc2ccccc2n1CCc1ccccc1. The van der Waals surface area contributed by atoms with Crippen molar-refractivity contribution in [3.8, 4) is 0 Å². The zero-order valence-corrected chi connectivity index (χ0v) is 13.8. The van der Waals surface area contributed by atoms with Crippen LogP contribution in [-0.4, -0.2) is 24.2 Å². The molecule has 0 aliphatic heterocycles. The number of aromatic nitrogens is 2. The highest BCUT2D eigenvalue weighted by Gasteiger charge is 2.12. The number of nitrogens with zero attached hydrogens (tertiary/aromatic N) is 2. The Bertz CT molecular complexity index is 902. The van der Waals surface area contributed by atoms with Crippen LogP contribution >= 0.6 is 0 Å². The van der Waals surface area contributed by atoms with Crippen LogP contribution in [0.1, 0.15) is 11.4 Å². The highest BCUT2D eigenvalue weighted by molar-refractivity contribution is 7.88. The summed E-state index contributed by atoms with van der Waals surface area (Å²) in [5, 5.41) is 0. The predicted molar refractivity (Wildman–Crippen MR) is 91.6 cm³/mol. The van der Waals surface area contributed by atoms with Crippen LogP contribution in [0.2, 0.25) is 0 Å². The van der Waals surface area contributed by atoms with E-state index in [1.54, 1.807) is 0 Å². The van der Waals surface area contributed by atoms with Gasteiger partial charge in [0, 0.05) is 6.54 Å². The van der Waals surface area contributed by atoms with Crippen molar-refractivity contribution in [1.29, 1.82) is 0 Å². The molecule has 0 spiro atoms. The molecule has 0 aliphatic rings. The lowest BCUT2D eigenvalue weighted by Crippen LogP contribution is -2.23. The normalized spacial score (nSPS) is 11.9. The molecule has 5 nitrogen and oxygen atoms in total. The highest BCUT2D eigenvalue weighted by atomic mass is 32.2.